The summed E-state index contributed by atoms with van der Waals surface area (Å²) >= 11 is 3.79. The van der Waals surface area contributed by atoms with Gasteiger partial charge in [-0.1, -0.05) is 160 Å². The number of fused-ring (bicyclic) bond motifs is 6. The first-order valence-corrected chi connectivity index (χ1v) is 22.0. The van der Waals surface area contributed by atoms with Crippen LogP contribution in [0.3, 0.4) is 0 Å². The molecule has 3 aliphatic rings. The zero-order valence-corrected chi connectivity index (χ0v) is 36.4. The van der Waals surface area contributed by atoms with Crippen LogP contribution in [0, 0.1) is 27.7 Å². The number of allylic oxidation sites excluding steroid dienone is 4. The van der Waals surface area contributed by atoms with Crippen LogP contribution in [0.4, 0.5) is 0 Å². The van der Waals surface area contributed by atoms with E-state index >= 15 is 0 Å². The number of aliphatic imine (C=N–C) groups is 2. The Labute approximate surface area is 365 Å². The number of nitrogens with one attached hydrogen (secondary N) is 1. The highest BCUT2D eigenvalue weighted by molar-refractivity contribution is 9.08. The molecule has 0 saturated carbocycles. The van der Waals surface area contributed by atoms with E-state index in [9.17, 15) is 0 Å². The lowest BCUT2D eigenvalue weighted by molar-refractivity contribution is 0.787. The molecule has 0 aliphatic carbocycles. The fourth-order valence-corrected chi connectivity index (χ4v) is 9.18. The SMILES string of the molecule is Cc1ccc(C2=C3C=CC(=N3)C(c3ccc(C)cc3)=c3ccc([nH]3)=C(c3ccc(C)cc3)C3=NC(=C(c4ccc(C)cc4)c4cc2cn4Cc2ccccc2CBr)C=C3)cc1. The highest BCUT2D eigenvalue weighted by atomic mass is 79.9. The van der Waals surface area contributed by atoms with E-state index in [-0.39, 0.29) is 0 Å². The summed E-state index contributed by atoms with van der Waals surface area (Å²) in [6.07, 6.45) is 11.1. The molecule has 5 aromatic carbocycles. The number of rotatable bonds is 7. The number of H-pyrrole nitrogens is 1. The zero-order valence-electron chi connectivity index (χ0n) is 34.8. The number of aryl methyl sites for hydroxylation is 4. The standard InChI is InChI=1S/C56H45BrN4/c1-35-9-17-39(18-10-35)53-45-31-52(61(34-45)33-44-8-6-5-7-43(44)32-57)56(42-23-15-38(4)16-24-42)51-30-29-50(60-51)55(41-21-13-37(3)14-22-41)49-28-27-48(59-49)54(47-26-25-46(53)58-47)40-19-11-36(2)12-20-40/h5-31,34,59H,32-33H2,1-4H3. The van der Waals surface area contributed by atoms with Gasteiger partial charge in [0.25, 0.3) is 0 Å². The summed E-state index contributed by atoms with van der Waals surface area (Å²) < 4.78 is 2.42. The Kier molecular flexibility index (Phi) is 10.1. The van der Waals surface area contributed by atoms with Gasteiger partial charge >= 0.3 is 0 Å². The average Bonchev–Trinajstić information content (AvgIpc) is 4.11. The molecular weight excluding hydrogens is 809 g/mol. The van der Waals surface area contributed by atoms with Crippen LogP contribution in [0.1, 0.15) is 66.9 Å². The molecule has 0 saturated heterocycles. The van der Waals surface area contributed by atoms with E-state index in [0.717, 1.165) is 94.6 Å². The first kappa shape index (κ1) is 38.4. The molecule has 5 heteroatoms. The monoisotopic (exact) mass is 852 g/mol. The van der Waals surface area contributed by atoms with Gasteiger partial charge in [0.1, 0.15) is 0 Å². The van der Waals surface area contributed by atoms with Crippen LogP contribution < -0.4 is 10.7 Å². The molecule has 296 valence electrons. The molecule has 61 heavy (non-hydrogen) atoms. The summed E-state index contributed by atoms with van der Waals surface area (Å²) in [5, 5.41) is 2.76. The molecular formula is C56H45BrN4. The van der Waals surface area contributed by atoms with Crippen molar-refractivity contribution in [1.29, 1.82) is 0 Å². The van der Waals surface area contributed by atoms with Crippen molar-refractivity contribution >= 4 is 49.6 Å². The van der Waals surface area contributed by atoms with Crippen LogP contribution in [-0.2, 0) is 11.9 Å². The second-order valence-electron chi connectivity index (χ2n) is 16.3. The van der Waals surface area contributed by atoms with Gasteiger partial charge in [0.2, 0.25) is 0 Å². The second kappa shape index (κ2) is 16.0. The van der Waals surface area contributed by atoms with Crippen molar-refractivity contribution in [2.45, 2.75) is 39.6 Å². The Balaban J connectivity index is 1.35. The molecule has 0 fully saturated rings. The van der Waals surface area contributed by atoms with E-state index in [1.807, 2.05) is 0 Å². The molecule has 10 rings (SSSR count). The molecule has 3 aliphatic heterocycles. The van der Waals surface area contributed by atoms with Crippen LogP contribution >= 0.6 is 15.9 Å². The molecule has 0 amide bonds. The number of aromatic nitrogens is 2. The molecule has 8 bridgehead atoms. The summed E-state index contributed by atoms with van der Waals surface area (Å²) in [5.41, 5.74) is 21.9. The van der Waals surface area contributed by atoms with Crippen LogP contribution in [0.2, 0.25) is 0 Å². The van der Waals surface area contributed by atoms with Crippen molar-refractivity contribution in [1.82, 2.24) is 9.55 Å². The van der Waals surface area contributed by atoms with Gasteiger partial charge in [0, 0.05) is 56.6 Å². The van der Waals surface area contributed by atoms with E-state index in [4.69, 9.17) is 9.98 Å². The topological polar surface area (TPSA) is 45.4 Å². The molecule has 4 nitrogen and oxygen atoms in total. The third-order valence-electron chi connectivity index (χ3n) is 11.9. The lowest BCUT2D eigenvalue weighted by Crippen LogP contribution is -2.21. The third-order valence-corrected chi connectivity index (χ3v) is 12.5. The van der Waals surface area contributed by atoms with Crippen molar-refractivity contribution in [3.8, 4) is 0 Å². The second-order valence-corrected chi connectivity index (χ2v) is 16.9. The Hall–Kier alpha value is -6.82. The number of hydrogen-bond acceptors (Lipinski definition) is 2. The van der Waals surface area contributed by atoms with Crippen molar-refractivity contribution < 1.29 is 0 Å². The minimum atomic E-state index is 0.679. The maximum absolute atomic E-state index is 5.59. The maximum Gasteiger partial charge on any atom is 0.0737 e. The van der Waals surface area contributed by atoms with Gasteiger partial charge in [-0.15, -0.1) is 0 Å². The first-order chi connectivity index (χ1) is 29.8. The van der Waals surface area contributed by atoms with E-state index in [0.29, 0.717) is 6.54 Å². The Morgan fingerprint density at radius 1 is 0.459 bits per heavy atom. The van der Waals surface area contributed by atoms with Crippen molar-refractivity contribution in [3.05, 3.63) is 259 Å². The van der Waals surface area contributed by atoms with Gasteiger partial charge in [-0.3, -0.25) is 0 Å². The average molecular weight is 854 g/mol. The van der Waals surface area contributed by atoms with Gasteiger partial charge in [-0.25, -0.2) is 9.98 Å². The largest absolute Gasteiger partial charge is 0.354 e. The maximum atomic E-state index is 5.59. The molecule has 0 unspecified atom stereocenters. The molecule has 7 aromatic rings. The van der Waals surface area contributed by atoms with Gasteiger partial charge < -0.3 is 9.55 Å². The summed E-state index contributed by atoms with van der Waals surface area (Å²) in [6, 6.07) is 50.7. The van der Waals surface area contributed by atoms with Crippen LogP contribution in [0.15, 0.2) is 191 Å². The molecule has 5 heterocycles. The van der Waals surface area contributed by atoms with Gasteiger partial charge in [0.05, 0.1) is 28.5 Å². The number of alkyl halides is 1. The van der Waals surface area contributed by atoms with Gasteiger partial charge in [0.15, 0.2) is 0 Å². The van der Waals surface area contributed by atoms with Crippen molar-refractivity contribution in [2.24, 2.45) is 9.98 Å². The van der Waals surface area contributed by atoms with Crippen molar-refractivity contribution in [2.75, 3.05) is 0 Å². The number of hydrogen-bond donors (Lipinski definition) is 1. The zero-order chi connectivity index (χ0) is 41.6. The smallest absolute Gasteiger partial charge is 0.0737 e. The van der Waals surface area contributed by atoms with Gasteiger partial charge in [-0.05, 0) is 104 Å². The Morgan fingerprint density at radius 2 is 0.885 bits per heavy atom. The molecule has 0 spiro atoms. The number of aromatic amines is 1. The molecule has 0 atom stereocenters. The Morgan fingerprint density at radius 3 is 1.36 bits per heavy atom. The predicted octanol–water partition coefficient (Wildman–Crippen LogP) is 11.6. The van der Waals surface area contributed by atoms with Crippen LogP contribution in [-0.4, -0.2) is 21.0 Å². The van der Waals surface area contributed by atoms with Crippen LogP contribution in [0.25, 0.3) is 22.3 Å². The summed E-state index contributed by atoms with van der Waals surface area (Å²) in [6.45, 7) is 9.22. The Bertz CT molecular complexity index is 3180. The molecule has 0 radical (unpaired) electrons. The summed E-state index contributed by atoms with van der Waals surface area (Å²) in [4.78, 5) is 15.0. The van der Waals surface area contributed by atoms with Gasteiger partial charge in [-0.2, -0.15) is 0 Å². The number of halogens is 1. The normalized spacial score (nSPS) is 14.6. The highest BCUT2D eigenvalue weighted by Gasteiger charge is 2.25. The van der Waals surface area contributed by atoms with E-state index in [2.05, 4.69) is 223 Å². The summed E-state index contributed by atoms with van der Waals surface area (Å²) in [7, 11) is 0. The quantitative estimate of drug-likeness (QED) is 0.155. The fourth-order valence-electron chi connectivity index (χ4n) is 8.63. The third kappa shape index (κ3) is 7.40. The minimum Gasteiger partial charge on any atom is -0.354 e. The summed E-state index contributed by atoms with van der Waals surface area (Å²) in [5.74, 6) is 0. The lowest BCUT2D eigenvalue weighted by atomic mass is 9.95. The van der Waals surface area contributed by atoms with E-state index < -0.39 is 0 Å². The minimum absolute atomic E-state index is 0.679. The van der Waals surface area contributed by atoms with Crippen LogP contribution in [0.5, 0.6) is 0 Å². The highest BCUT2D eigenvalue weighted by Crippen LogP contribution is 2.39. The first-order valence-electron chi connectivity index (χ1n) is 20.9. The number of nitrogens with zero attached hydrogens (tertiary/aromatic N) is 3. The van der Waals surface area contributed by atoms with E-state index in [1.165, 1.54) is 33.4 Å². The fraction of sp³-hybridized carbons (Fsp3) is 0.107. The van der Waals surface area contributed by atoms with E-state index in [1.54, 1.807) is 0 Å². The predicted molar refractivity (Wildman–Crippen MR) is 258 cm³/mol. The number of benzene rings is 5. The molecule has 1 N–H and O–H groups in total. The van der Waals surface area contributed by atoms with Crippen molar-refractivity contribution in [3.63, 3.8) is 0 Å². The molecule has 2 aromatic heterocycles. The lowest BCUT2D eigenvalue weighted by Gasteiger charge is -2.16.